The number of anilines is 1. The number of ether oxygens (including phenoxy) is 2. The summed E-state index contributed by atoms with van der Waals surface area (Å²) in [7, 11) is 1.31. The SMILES string of the molecule is CCOC(=O)Cn1c(=NC(=O)CSCC(=O)Nc2sc3c(c2C(=O)OC)CCCCC3)sc2cc([N+](=O)[O-])ccc21. The summed E-state index contributed by atoms with van der Waals surface area (Å²) in [5, 5.41) is 14.5. The Morgan fingerprint density at radius 3 is 2.66 bits per heavy atom. The van der Waals surface area contributed by atoms with Crippen molar-refractivity contribution in [3.05, 3.63) is 49.1 Å². The number of thiazole rings is 1. The number of benzene rings is 1. The van der Waals surface area contributed by atoms with Gasteiger partial charge in [-0.1, -0.05) is 17.8 Å². The van der Waals surface area contributed by atoms with Crippen molar-refractivity contribution in [2.45, 2.75) is 45.6 Å². The van der Waals surface area contributed by atoms with Crippen molar-refractivity contribution in [2.24, 2.45) is 4.99 Å². The molecule has 0 fully saturated rings. The van der Waals surface area contributed by atoms with Gasteiger partial charge in [0.15, 0.2) is 4.80 Å². The minimum absolute atomic E-state index is 0.0497. The lowest BCUT2D eigenvalue weighted by Gasteiger charge is -2.07. The number of thioether (sulfide) groups is 1. The molecule has 2 heterocycles. The average molecular weight is 621 g/mol. The van der Waals surface area contributed by atoms with Crippen molar-refractivity contribution in [2.75, 3.05) is 30.5 Å². The lowest BCUT2D eigenvalue weighted by atomic mass is 10.1. The molecule has 0 spiro atoms. The molecular formula is C26H28N4O8S3. The Kier molecular flexibility index (Phi) is 10.3. The van der Waals surface area contributed by atoms with E-state index in [9.17, 15) is 29.3 Å². The Morgan fingerprint density at radius 2 is 1.93 bits per heavy atom. The molecule has 12 nitrogen and oxygen atoms in total. The summed E-state index contributed by atoms with van der Waals surface area (Å²) in [5.74, 6) is -2.10. The van der Waals surface area contributed by atoms with Crippen molar-refractivity contribution in [1.82, 2.24) is 4.57 Å². The smallest absolute Gasteiger partial charge is 0.341 e. The van der Waals surface area contributed by atoms with Crippen molar-refractivity contribution < 1.29 is 33.6 Å². The van der Waals surface area contributed by atoms with Crippen LogP contribution in [-0.2, 0) is 43.2 Å². The molecule has 4 rings (SSSR count). The van der Waals surface area contributed by atoms with E-state index in [1.54, 1.807) is 6.92 Å². The first kappa shape index (κ1) is 30.4. The van der Waals surface area contributed by atoms with E-state index in [0.717, 1.165) is 65.6 Å². The number of hydrogen-bond donors (Lipinski definition) is 1. The van der Waals surface area contributed by atoms with Gasteiger partial charge in [0.1, 0.15) is 11.5 Å². The minimum atomic E-state index is -0.542. The van der Waals surface area contributed by atoms with E-state index < -0.39 is 22.8 Å². The predicted molar refractivity (Wildman–Crippen MR) is 157 cm³/mol. The third kappa shape index (κ3) is 7.40. The van der Waals surface area contributed by atoms with E-state index in [0.29, 0.717) is 20.8 Å². The van der Waals surface area contributed by atoms with Gasteiger partial charge in [-0.2, -0.15) is 4.99 Å². The summed E-state index contributed by atoms with van der Waals surface area (Å²) in [4.78, 5) is 66.1. The summed E-state index contributed by atoms with van der Waals surface area (Å²) in [6.07, 6.45) is 4.70. The minimum Gasteiger partial charge on any atom is -0.465 e. The number of hydrogen-bond acceptors (Lipinski definition) is 11. The molecule has 0 aliphatic heterocycles. The Bertz CT molecular complexity index is 1570. The zero-order valence-corrected chi connectivity index (χ0v) is 24.9. The molecule has 2 amide bonds. The molecular weight excluding hydrogens is 593 g/mol. The standard InChI is InChI=1S/C26H28N4O8S3/c1-3-38-22(33)12-29-17-10-9-15(30(35)36)11-19(17)41-26(29)28-21(32)14-39-13-20(31)27-24-23(25(34)37-2)16-7-5-4-6-8-18(16)40-24/h9-11H,3-8,12-14H2,1-2H3,(H,27,31). The number of nitro groups is 1. The molecule has 0 atom stereocenters. The van der Waals surface area contributed by atoms with Gasteiger partial charge in [0.25, 0.3) is 11.6 Å². The van der Waals surface area contributed by atoms with Crippen molar-refractivity contribution in [3.63, 3.8) is 0 Å². The molecule has 41 heavy (non-hydrogen) atoms. The van der Waals surface area contributed by atoms with Crippen LogP contribution in [0.5, 0.6) is 0 Å². The fourth-order valence-corrected chi connectivity index (χ4v) is 7.40. The molecule has 1 aromatic carbocycles. The van der Waals surface area contributed by atoms with E-state index >= 15 is 0 Å². The van der Waals surface area contributed by atoms with Gasteiger partial charge in [0, 0.05) is 17.0 Å². The van der Waals surface area contributed by atoms with E-state index in [-0.39, 0.29) is 41.1 Å². The Labute approximate surface area is 246 Å². The number of thiophene rings is 1. The van der Waals surface area contributed by atoms with Crippen LogP contribution in [0.15, 0.2) is 23.2 Å². The fourth-order valence-electron chi connectivity index (χ4n) is 4.43. The summed E-state index contributed by atoms with van der Waals surface area (Å²) >= 11 is 3.49. The quantitative estimate of drug-likeness (QED) is 0.152. The normalized spacial score (nSPS) is 13.4. The molecule has 1 N–H and O–H groups in total. The third-order valence-electron chi connectivity index (χ3n) is 6.21. The predicted octanol–water partition coefficient (Wildman–Crippen LogP) is 4.09. The lowest BCUT2D eigenvalue weighted by Crippen LogP contribution is -2.23. The van der Waals surface area contributed by atoms with E-state index in [4.69, 9.17) is 9.47 Å². The molecule has 0 saturated carbocycles. The number of carbonyl (C=O) groups excluding carboxylic acids is 4. The molecule has 0 saturated heterocycles. The van der Waals surface area contributed by atoms with Crippen LogP contribution < -0.4 is 10.1 Å². The molecule has 218 valence electrons. The van der Waals surface area contributed by atoms with Crippen molar-refractivity contribution in [3.8, 4) is 0 Å². The molecule has 0 unspecified atom stereocenters. The zero-order chi connectivity index (χ0) is 29.5. The maximum Gasteiger partial charge on any atom is 0.341 e. The number of carbonyl (C=O) groups is 4. The van der Waals surface area contributed by atoms with Crippen LogP contribution in [0.4, 0.5) is 10.7 Å². The van der Waals surface area contributed by atoms with E-state index in [1.165, 1.54) is 41.2 Å². The second-order valence-corrected chi connectivity index (χ2v) is 12.1. The number of non-ortho nitro benzene ring substituents is 1. The Hall–Kier alpha value is -3.56. The maximum absolute atomic E-state index is 12.7. The highest BCUT2D eigenvalue weighted by molar-refractivity contribution is 8.00. The number of methoxy groups -OCH3 is 1. The summed E-state index contributed by atoms with van der Waals surface area (Å²) in [6, 6.07) is 4.17. The number of amides is 2. The maximum atomic E-state index is 12.7. The second-order valence-electron chi connectivity index (χ2n) is 8.99. The van der Waals surface area contributed by atoms with Crippen LogP contribution >= 0.6 is 34.4 Å². The second kappa shape index (κ2) is 13.9. The van der Waals surface area contributed by atoms with Gasteiger partial charge in [-0.3, -0.25) is 24.5 Å². The Morgan fingerprint density at radius 1 is 1.15 bits per heavy atom. The average Bonchev–Trinajstić information content (AvgIpc) is 3.34. The first-order chi connectivity index (χ1) is 19.7. The van der Waals surface area contributed by atoms with Gasteiger partial charge in [-0.15, -0.1) is 23.1 Å². The molecule has 15 heteroatoms. The van der Waals surface area contributed by atoms with Gasteiger partial charge in [0.2, 0.25) is 5.91 Å². The third-order valence-corrected chi connectivity index (χ3v) is 9.38. The van der Waals surface area contributed by atoms with Crippen LogP contribution in [0.3, 0.4) is 0 Å². The Balaban J connectivity index is 1.46. The number of esters is 2. The number of aryl methyl sites for hydroxylation is 1. The van der Waals surface area contributed by atoms with Crippen LogP contribution in [0.2, 0.25) is 0 Å². The molecule has 2 aromatic heterocycles. The molecule has 0 bridgehead atoms. The number of rotatable bonds is 10. The highest BCUT2D eigenvalue weighted by Crippen LogP contribution is 2.38. The van der Waals surface area contributed by atoms with Crippen LogP contribution in [0.25, 0.3) is 10.2 Å². The number of aromatic nitrogens is 1. The number of nitro benzene ring substituents is 1. The topological polar surface area (TPSA) is 159 Å². The largest absolute Gasteiger partial charge is 0.465 e. The van der Waals surface area contributed by atoms with Crippen LogP contribution in [0.1, 0.15) is 47.0 Å². The summed E-state index contributed by atoms with van der Waals surface area (Å²) < 4.78 is 12.0. The molecule has 0 radical (unpaired) electrons. The first-order valence-corrected chi connectivity index (χ1v) is 15.6. The number of nitrogens with zero attached hydrogens (tertiary/aromatic N) is 3. The van der Waals surface area contributed by atoms with Gasteiger partial charge < -0.3 is 19.4 Å². The van der Waals surface area contributed by atoms with Crippen molar-refractivity contribution in [1.29, 1.82) is 0 Å². The number of fused-ring (bicyclic) bond motifs is 2. The fraction of sp³-hybridized carbons (Fsp3) is 0.423. The first-order valence-electron chi connectivity index (χ1n) is 12.8. The molecule has 1 aliphatic rings. The summed E-state index contributed by atoms with van der Waals surface area (Å²) in [6.45, 7) is 1.62. The van der Waals surface area contributed by atoms with E-state index in [2.05, 4.69) is 10.3 Å². The monoisotopic (exact) mass is 620 g/mol. The summed E-state index contributed by atoms with van der Waals surface area (Å²) in [5.41, 5.74) is 1.73. The lowest BCUT2D eigenvalue weighted by molar-refractivity contribution is -0.384. The highest BCUT2D eigenvalue weighted by atomic mass is 32.2. The van der Waals surface area contributed by atoms with Crippen LogP contribution in [0, 0.1) is 10.1 Å². The number of nitrogens with one attached hydrogen (secondary N) is 1. The molecule has 1 aliphatic carbocycles. The van der Waals surface area contributed by atoms with Gasteiger partial charge in [0.05, 0.1) is 45.9 Å². The van der Waals surface area contributed by atoms with E-state index in [1.807, 2.05) is 0 Å². The van der Waals surface area contributed by atoms with Crippen LogP contribution in [-0.4, -0.2) is 58.5 Å². The zero-order valence-electron chi connectivity index (χ0n) is 22.4. The van der Waals surface area contributed by atoms with Crippen molar-refractivity contribution >= 4 is 79.1 Å². The van der Waals surface area contributed by atoms with Gasteiger partial charge >= 0.3 is 11.9 Å². The van der Waals surface area contributed by atoms with Gasteiger partial charge in [-0.25, -0.2) is 4.79 Å². The van der Waals surface area contributed by atoms with Gasteiger partial charge in [-0.05, 0) is 44.2 Å². The highest BCUT2D eigenvalue weighted by Gasteiger charge is 2.26. The molecule has 3 aromatic rings.